The summed E-state index contributed by atoms with van der Waals surface area (Å²) in [6, 6.07) is 7.87. The monoisotopic (exact) mass is 276 g/mol. The highest BCUT2D eigenvalue weighted by Gasteiger charge is 2.35. The van der Waals surface area contributed by atoms with E-state index < -0.39 is 5.97 Å². The third kappa shape index (κ3) is 3.12. The molecule has 1 saturated heterocycles. The molecule has 2 atom stereocenters. The van der Waals surface area contributed by atoms with Gasteiger partial charge in [-0.3, -0.25) is 4.79 Å². The third-order valence-corrected chi connectivity index (χ3v) is 4.09. The van der Waals surface area contributed by atoms with Crippen LogP contribution in [0.5, 0.6) is 5.75 Å². The van der Waals surface area contributed by atoms with E-state index in [2.05, 4.69) is 0 Å². The van der Waals surface area contributed by atoms with Crippen molar-refractivity contribution in [1.82, 2.24) is 0 Å². The second-order valence-corrected chi connectivity index (χ2v) is 5.68. The van der Waals surface area contributed by atoms with Crippen LogP contribution >= 0.6 is 0 Å². The predicted octanol–water partition coefficient (Wildman–Crippen LogP) is 2.82. The Labute approximate surface area is 118 Å². The van der Waals surface area contributed by atoms with Crippen LogP contribution in [0.4, 0.5) is 0 Å². The number of benzene rings is 1. The van der Waals surface area contributed by atoms with E-state index >= 15 is 0 Å². The molecule has 0 radical (unpaired) electrons. The van der Waals surface area contributed by atoms with Gasteiger partial charge in [-0.05, 0) is 30.4 Å². The van der Waals surface area contributed by atoms with Gasteiger partial charge in [0.15, 0.2) is 0 Å². The highest BCUT2D eigenvalue weighted by molar-refractivity contribution is 5.68. The van der Waals surface area contributed by atoms with Crippen LogP contribution in [-0.4, -0.2) is 30.4 Å². The molecule has 0 amide bonds. The lowest BCUT2D eigenvalue weighted by molar-refractivity contribution is -0.137. The minimum atomic E-state index is -0.735. The Kier molecular flexibility index (Phi) is 3.92. The normalized spacial score (nSPS) is 23.5. The van der Waals surface area contributed by atoms with Crippen LogP contribution in [0.2, 0.25) is 0 Å². The average Bonchev–Trinajstić information content (AvgIpc) is 3.15. The molecule has 2 unspecified atom stereocenters. The number of rotatable bonds is 6. The van der Waals surface area contributed by atoms with E-state index in [1.165, 1.54) is 0 Å². The number of hydrogen-bond donors (Lipinski definition) is 1. The number of carboxylic acid groups (broad SMARTS) is 1. The van der Waals surface area contributed by atoms with E-state index in [1.807, 2.05) is 24.3 Å². The number of carbonyl (C=O) groups is 1. The van der Waals surface area contributed by atoms with Crippen LogP contribution in [0.3, 0.4) is 0 Å². The van der Waals surface area contributed by atoms with Gasteiger partial charge >= 0.3 is 5.97 Å². The van der Waals surface area contributed by atoms with Crippen molar-refractivity contribution in [2.45, 2.75) is 37.7 Å². The Morgan fingerprint density at radius 1 is 1.35 bits per heavy atom. The molecular formula is C16H20O4. The van der Waals surface area contributed by atoms with Crippen LogP contribution in [0.1, 0.15) is 37.2 Å². The fourth-order valence-corrected chi connectivity index (χ4v) is 2.90. The van der Waals surface area contributed by atoms with Crippen molar-refractivity contribution >= 4 is 5.97 Å². The number of ether oxygens (including phenoxy) is 2. The first-order chi connectivity index (χ1) is 9.74. The van der Waals surface area contributed by atoms with Crippen molar-refractivity contribution in [3.05, 3.63) is 29.8 Å². The van der Waals surface area contributed by atoms with Crippen molar-refractivity contribution in [3.8, 4) is 5.75 Å². The minimum absolute atomic E-state index is 0.0750. The summed E-state index contributed by atoms with van der Waals surface area (Å²) in [5.41, 5.74) is 1.05. The highest BCUT2D eigenvalue weighted by atomic mass is 16.5. The summed E-state index contributed by atoms with van der Waals surface area (Å²) < 4.78 is 11.4. The molecule has 0 aromatic heterocycles. The van der Waals surface area contributed by atoms with Crippen LogP contribution in [-0.2, 0) is 9.53 Å². The second-order valence-electron chi connectivity index (χ2n) is 5.68. The molecule has 1 aromatic carbocycles. The van der Waals surface area contributed by atoms with E-state index in [1.54, 1.807) is 0 Å². The first-order valence-corrected chi connectivity index (χ1v) is 7.29. The van der Waals surface area contributed by atoms with Gasteiger partial charge in [0, 0.05) is 12.3 Å². The van der Waals surface area contributed by atoms with E-state index in [0.717, 1.165) is 37.2 Å². The Bertz CT molecular complexity index is 475. The van der Waals surface area contributed by atoms with Crippen LogP contribution in [0.15, 0.2) is 24.3 Å². The third-order valence-electron chi connectivity index (χ3n) is 4.09. The van der Waals surface area contributed by atoms with E-state index in [4.69, 9.17) is 14.6 Å². The highest BCUT2D eigenvalue weighted by Crippen LogP contribution is 2.47. The molecule has 1 aliphatic heterocycles. The second kappa shape index (κ2) is 5.83. The predicted molar refractivity (Wildman–Crippen MR) is 74.0 cm³/mol. The molecule has 3 rings (SSSR count). The van der Waals surface area contributed by atoms with E-state index in [-0.39, 0.29) is 18.4 Å². The topological polar surface area (TPSA) is 55.8 Å². The molecule has 1 saturated carbocycles. The molecule has 0 bridgehead atoms. The molecule has 1 N–H and O–H groups in total. The Balaban J connectivity index is 1.81. The van der Waals surface area contributed by atoms with Crippen molar-refractivity contribution in [3.63, 3.8) is 0 Å². The SMILES string of the molecule is O=C(O)CC(c1ccccc1OC1CCOC1)C1CC1. The number of carboxylic acids is 1. The van der Waals surface area contributed by atoms with Gasteiger partial charge in [-0.15, -0.1) is 0 Å². The van der Waals surface area contributed by atoms with Crippen molar-refractivity contribution in [1.29, 1.82) is 0 Å². The van der Waals surface area contributed by atoms with Gasteiger partial charge in [0.1, 0.15) is 11.9 Å². The molecule has 20 heavy (non-hydrogen) atoms. The van der Waals surface area contributed by atoms with Crippen LogP contribution < -0.4 is 4.74 Å². The number of hydrogen-bond acceptors (Lipinski definition) is 3. The molecule has 0 spiro atoms. The zero-order valence-corrected chi connectivity index (χ0v) is 11.5. The lowest BCUT2D eigenvalue weighted by Gasteiger charge is -2.21. The quantitative estimate of drug-likeness (QED) is 0.868. The molecule has 1 aliphatic carbocycles. The molecule has 4 nitrogen and oxygen atoms in total. The Morgan fingerprint density at radius 2 is 2.15 bits per heavy atom. The van der Waals surface area contributed by atoms with Gasteiger partial charge < -0.3 is 14.6 Å². The van der Waals surface area contributed by atoms with Crippen molar-refractivity contribution < 1.29 is 19.4 Å². The van der Waals surface area contributed by atoms with Gasteiger partial charge in [-0.2, -0.15) is 0 Å². The maximum atomic E-state index is 11.1. The molecular weight excluding hydrogens is 256 g/mol. The summed E-state index contributed by atoms with van der Waals surface area (Å²) in [6.45, 7) is 1.37. The average molecular weight is 276 g/mol. The fraction of sp³-hybridized carbons (Fsp3) is 0.562. The summed E-state index contributed by atoms with van der Waals surface area (Å²) in [7, 11) is 0. The zero-order chi connectivity index (χ0) is 13.9. The zero-order valence-electron chi connectivity index (χ0n) is 11.5. The number of para-hydroxylation sites is 1. The van der Waals surface area contributed by atoms with Gasteiger partial charge in [0.2, 0.25) is 0 Å². The molecule has 108 valence electrons. The van der Waals surface area contributed by atoms with Gasteiger partial charge in [-0.1, -0.05) is 18.2 Å². The van der Waals surface area contributed by atoms with Crippen LogP contribution in [0, 0.1) is 5.92 Å². The largest absolute Gasteiger partial charge is 0.488 e. The van der Waals surface area contributed by atoms with Crippen molar-refractivity contribution in [2.24, 2.45) is 5.92 Å². The number of aliphatic carboxylic acids is 1. The molecule has 4 heteroatoms. The molecule has 2 aliphatic rings. The van der Waals surface area contributed by atoms with Crippen molar-refractivity contribution in [2.75, 3.05) is 13.2 Å². The standard InChI is InChI=1S/C16H20O4/c17-16(18)9-14(11-5-6-11)13-3-1-2-4-15(13)20-12-7-8-19-10-12/h1-4,11-12,14H,5-10H2,(H,17,18). The maximum Gasteiger partial charge on any atom is 0.303 e. The van der Waals surface area contributed by atoms with E-state index in [9.17, 15) is 4.79 Å². The lowest BCUT2D eigenvalue weighted by Crippen LogP contribution is -2.18. The van der Waals surface area contributed by atoms with Crippen LogP contribution in [0.25, 0.3) is 0 Å². The van der Waals surface area contributed by atoms with Gasteiger partial charge in [0.25, 0.3) is 0 Å². The summed E-state index contributed by atoms with van der Waals surface area (Å²) >= 11 is 0. The van der Waals surface area contributed by atoms with Gasteiger partial charge in [0.05, 0.1) is 19.6 Å². The van der Waals surface area contributed by atoms with Gasteiger partial charge in [-0.25, -0.2) is 0 Å². The maximum absolute atomic E-state index is 11.1. The Morgan fingerprint density at radius 3 is 2.80 bits per heavy atom. The summed E-state index contributed by atoms with van der Waals surface area (Å²) in [4.78, 5) is 11.1. The Hall–Kier alpha value is -1.55. The first kappa shape index (κ1) is 13.4. The summed E-state index contributed by atoms with van der Waals surface area (Å²) in [6.07, 6.45) is 3.44. The fourth-order valence-electron chi connectivity index (χ4n) is 2.90. The lowest BCUT2D eigenvalue weighted by atomic mass is 9.90. The summed E-state index contributed by atoms with van der Waals surface area (Å²) in [5.74, 6) is 0.670. The smallest absolute Gasteiger partial charge is 0.303 e. The molecule has 1 heterocycles. The summed E-state index contributed by atoms with van der Waals surface area (Å²) in [5, 5.41) is 9.14. The molecule has 2 fully saturated rings. The van der Waals surface area contributed by atoms with E-state index in [0.29, 0.717) is 12.5 Å². The minimum Gasteiger partial charge on any atom is -0.488 e. The first-order valence-electron chi connectivity index (χ1n) is 7.29. The molecule has 1 aromatic rings.